The number of aromatic nitrogens is 2. The lowest BCUT2D eigenvalue weighted by Crippen LogP contribution is -2.33. The number of nitrogens with one attached hydrogen (secondary N) is 2. The second kappa shape index (κ2) is 6.72. The molecule has 0 bridgehead atoms. The minimum Gasteiger partial charge on any atom is -0.478 e. The van der Waals surface area contributed by atoms with Gasteiger partial charge in [0.2, 0.25) is 0 Å². The number of H-pyrrole nitrogens is 2. The lowest BCUT2D eigenvalue weighted by molar-refractivity contribution is -0.384. The number of carboxylic acids is 1. The molecule has 0 fully saturated rings. The molecule has 0 aliphatic carbocycles. The van der Waals surface area contributed by atoms with Gasteiger partial charge in [0, 0.05) is 17.7 Å². The van der Waals surface area contributed by atoms with Crippen molar-refractivity contribution in [2.24, 2.45) is 5.84 Å². The minimum atomic E-state index is -1.19. The molecular formula is C16H13N5O6. The highest BCUT2D eigenvalue weighted by molar-refractivity contribution is 5.94. The Balaban J connectivity index is 2.15. The fourth-order valence-electron chi connectivity index (χ4n) is 2.68. The molecule has 1 heterocycles. The smallest absolute Gasteiger partial charge is 0.337 e. The van der Waals surface area contributed by atoms with Crippen molar-refractivity contribution in [3.63, 3.8) is 0 Å². The Morgan fingerprint density at radius 2 is 1.85 bits per heavy atom. The highest BCUT2D eigenvalue weighted by atomic mass is 16.6. The van der Waals surface area contributed by atoms with E-state index in [2.05, 4.69) is 9.97 Å². The van der Waals surface area contributed by atoms with Crippen LogP contribution >= 0.6 is 0 Å². The van der Waals surface area contributed by atoms with Crippen molar-refractivity contribution >= 4 is 28.4 Å². The molecule has 0 aliphatic rings. The zero-order valence-electron chi connectivity index (χ0n) is 13.6. The number of nitro benzene ring substituents is 1. The predicted molar refractivity (Wildman–Crippen MR) is 95.6 cm³/mol. The van der Waals surface area contributed by atoms with Crippen molar-refractivity contribution in [1.29, 1.82) is 0 Å². The van der Waals surface area contributed by atoms with Gasteiger partial charge in [0.1, 0.15) is 0 Å². The van der Waals surface area contributed by atoms with Gasteiger partial charge in [-0.15, -0.1) is 0 Å². The van der Waals surface area contributed by atoms with Gasteiger partial charge in [0.25, 0.3) is 5.69 Å². The average Bonchev–Trinajstić information content (AvgIpc) is 2.62. The molecule has 0 spiro atoms. The van der Waals surface area contributed by atoms with Crippen molar-refractivity contribution < 1.29 is 14.8 Å². The number of fused-ring (bicyclic) bond motifs is 1. The molecule has 0 saturated heterocycles. The van der Waals surface area contributed by atoms with E-state index in [1.165, 1.54) is 24.3 Å². The molecule has 3 rings (SSSR count). The molecule has 11 heteroatoms. The molecular weight excluding hydrogens is 358 g/mol. The Hall–Kier alpha value is -3.99. The molecule has 0 atom stereocenters. The van der Waals surface area contributed by atoms with Gasteiger partial charge in [-0.05, 0) is 12.1 Å². The number of rotatable bonds is 5. The van der Waals surface area contributed by atoms with Crippen molar-refractivity contribution in [3.8, 4) is 0 Å². The van der Waals surface area contributed by atoms with Crippen LogP contribution in [0.2, 0.25) is 0 Å². The average molecular weight is 371 g/mol. The quantitative estimate of drug-likeness (QED) is 0.219. The molecule has 0 aliphatic heterocycles. The summed E-state index contributed by atoms with van der Waals surface area (Å²) in [5.41, 5.74) is -1.62. The zero-order valence-corrected chi connectivity index (χ0v) is 13.6. The van der Waals surface area contributed by atoms with Gasteiger partial charge in [-0.3, -0.25) is 19.7 Å². The van der Waals surface area contributed by atoms with Crippen LogP contribution in [0.1, 0.15) is 15.9 Å². The summed E-state index contributed by atoms with van der Waals surface area (Å²) in [5.74, 6) is 4.80. The van der Waals surface area contributed by atoms with E-state index in [1.54, 1.807) is 6.07 Å². The van der Waals surface area contributed by atoms with E-state index in [9.17, 15) is 29.6 Å². The van der Waals surface area contributed by atoms with Crippen LogP contribution in [0.3, 0.4) is 0 Å². The number of hydrogen-bond acceptors (Lipinski definition) is 7. The topological polar surface area (TPSA) is 175 Å². The normalized spacial score (nSPS) is 10.7. The molecule has 27 heavy (non-hydrogen) atoms. The van der Waals surface area contributed by atoms with Crippen LogP contribution in [0.15, 0.2) is 46.0 Å². The van der Waals surface area contributed by atoms with Crippen molar-refractivity contribution in [2.75, 3.05) is 5.01 Å². The minimum absolute atomic E-state index is 0.0587. The van der Waals surface area contributed by atoms with E-state index >= 15 is 0 Å². The lowest BCUT2D eigenvalue weighted by atomic mass is 10.1. The number of carboxylic acid groups (broad SMARTS) is 1. The number of aromatic amines is 2. The van der Waals surface area contributed by atoms with Crippen molar-refractivity contribution in [2.45, 2.75) is 6.54 Å². The van der Waals surface area contributed by atoms with Crippen molar-refractivity contribution in [3.05, 3.63) is 78.3 Å². The molecule has 0 unspecified atom stereocenters. The van der Waals surface area contributed by atoms with Crippen LogP contribution in [0.25, 0.3) is 11.0 Å². The summed E-state index contributed by atoms with van der Waals surface area (Å²) in [5, 5.41) is 21.5. The first kappa shape index (κ1) is 17.8. The number of hydrazine groups is 1. The molecule has 0 radical (unpaired) electrons. The van der Waals surface area contributed by atoms with Gasteiger partial charge in [-0.1, -0.05) is 12.1 Å². The maximum absolute atomic E-state index is 11.6. The number of benzene rings is 2. The van der Waals surface area contributed by atoms with Crippen LogP contribution in [0, 0.1) is 10.1 Å². The van der Waals surface area contributed by atoms with Gasteiger partial charge < -0.3 is 20.1 Å². The first-order chi connectivity index (χ1) is 12.8. The number of para-hydroxylation sites is 1. The van der Waals surface area contributed by atoms with Gasteiger partial charge >= 0.3 is 17.1 Å². The third-order valence-corrected chi connectivity index (χ3v) is 3.89. The number of non-ortho nitro benzene ring substituents is 1. The van der Waals surface area contributed by atoms with Gasteiger partial charge in [-0.25, -0.2) is 10.6 Å². The first-order valence-corrected chi connectivity index (χ1v) is 7.56. The van der Waals surface area contributed by atoms with Crippen LogP contribution in [-0.4, -0.2) is 26.0 Å². The van der Waals surface area contributed by atoms with Gasteiger partial charge in [0.05, 0.1) is 33.8 Å². The molecule has 0 amide bonds. The highest BCUT2D eigenvalue weighted by Crippen LogP contribution is 2.25. The molecule has 1 aromatic heterocycles. The summed E-state index contributed by atoms with van der Waals surface area (Å²) in [6.07, 6.45) is 0. The Bertz CT molecular complexity index is 1180. The maximum atomic E-state index is 11.6. The largest absolute Gasteiger partial charge is 0.478 e. The fraction of sp³-hybridized carbons (Fsp3) is 0.0625. The number of hydrogen-bond donors (Lipinski definition) is 4. The summed E-state index contributed by atoms with van der Waals surface area (Å²) in [7, 11) is 0. The number of nitrogens with zero attached hydrogens (tertiary/aromatic N) is 2. The summed E-state index contributed by atoms with van der Waals surface area (Å²) in [6.45, 7) is -0.162. The summed E-state index contributed by atoms with van der Waals surface area (Å²) in [6, 6.07) is 8.27. The standard InChI is InChI=1S/C16H13N5O6/c17-20(12-4-2-1-3-10(12)16(24)25)7-8-5-9(21(26)27)6-11-13(8)19-15(23)14(22)18-11/h1-6H,7,17H2,(H,18,22)(H,19,23)(H,24,25). The van der Waals surface area contributed by atoms with Gasteiger partial charge in [-0.2, -0.15) is 0 Å². The molecule has 0 saturated carbocycles. The number of carbonyl (C=O) groups is 1. The third-order valence-electron chi connectivity index (χ3n) is 3.89. The Kier molecular flexibility index (Phi) is 4.44. The zero-order chi connectivity index (χ0) is 19.7. The van der Waals surface area contributed by atoms with E-state index in [1.807, 2.05) is 0 Å². The molecule has 11 nitrogen and oxygen atoms in total. The van der Waals surface area contributed by atoms with E-state index in [0.717, 1.165) is 11.1 Å². The van der Waals surface area contributed by atoms with E-state index in [4.69, 9.17) is 5.84 Å². The number of nitro groups is 1. The first-order valence-electron chi connectivity index (χ1n) is 7.56. The second-order valence-corrected chi connectivity index (χ2v) is 5.64. The number of aromatic carboxylic acids is 1. The second-order valence-electron chi connectivity index (χ2n) is 5.64. The van der Waals surface area contributed by atoms with Crippen LogP contribution in [0.4, 0.5) is 11.4 Å². The number of nitrogens with two attached hydrogens (primary N) is 1. The van der Waals surface area contributed by atoms with Crippen LogP contribution < -0.4 is 22.0 Å². The monoisotopic (exact) mass is 371 g/mol. The van der Waals surface area contributed by atoms with E-state index in [-0.39, 0.29) is 40.1 Å². The van der Waals surface area contributed by atoms with E-state index < -0.39 is 22.0 Å². The Labute approximate surface area is 149 Å². The molecule has 5 N–H and O–H groups in total. The molecule has 3 aromatic rings. The number of anilines is 1. The summed E-state index contributed by atoms with van der Waals surface area (Å²) < 4.78 is 0. The SMILES string of the molecule is NN(Cc1cc([N+](=O)[O-])cc2[nH]c(=O)c(=O)[nH]c12)c1ccccc1C(=O)O. The highest BCUT2D eigenvalue weighted by Gasteiger charge is 2.18. The predicted octanol–water partition coefficient (Wildman–Crippen LogP) is 0.703. The van der Waals surface area contributed by atoms with Crippen LogP contribution in [0.5, 0.6) is 0 Å². The lowest BCUT2D eigenvalue weighted by Gasteiger charge is -2.21. The van der Waals surface area contributed by atoms with Crippen LogP contribution in [-0.2, 0) is 6.54 Å². The Morgan fingerprint density at radius 1 is 1.19 bits per heavy atom. The molecule has 2 aromatic carbocycles. The van der Waals surface area contributed by atoms with Gasteiger partial charge in [0.15, 0.2) is 0 Å². The van der Waals surface area contributed by atoms with Crippen molar-refractivity contribution in [1.82, 2.24) is 9.97 Å². The maximum Gasteiger partial charge on any atom is 0.337 e. The molecule has 138 valence electrons. The van der Waals surface area contributed by atoms with E-state index in [0.29, 0.717) is 0 Å². The summed E-state index contributed by atoms with van der Waals surface area (Å²) in [4.78, 5) is 49.7. The third kappa shape index (κ3) is 3.39. The summed E-state index contributed by atoms with van der Waals surface area (Å²) >= 11 is 0. The fourth-order valence-corrected chi connectivity index (χ4v) is 2.68. The Morgan fingerprint density at radius 3 is 2.52 bits per heavy atom.